The zero-order valence-electron chi connectivity index (χ0n) is 16.9. The first-order valence-corrected chi connectivity index (χ1v) is 9.11. The lowest BCUT2D eigenvalue weighted by Crippen LogP contribution is -2.21. The third-order valence-electron chi connectivity index (χ3n) is 4.35. The Morgan fingerprint density at radius 1 is 1.21 bits per heavy atom. The van der Waals surface area contributed by atoms with Gasteiger partial charge in [0.2, 0.25) is 0 Å². The van der Waals surface area contributed by atoms with Crippen molar-refractivity contribution in [3.63, 3.8) is 0 Å². The number of epoxide rings is 1. The molecule has 1 fully saturated rings. The number of ether oxygens (including phenoxy) is 4. The lowest BCUT2D eigenvalue weighted by Gasteiger charge is -2.18. The normalized spacial score (nSPS) is 18.6. The molecule has 0 N–H and O–H groups in total. The number of esters is 3. The second-order valence-corrected chi connectivity index (χ2v) is 7.02. The molecule has 0 aliphatic carbocycles. The summed E-state index contributed by atoms with van der Waals surface area (Å²) >= 11 is 0. The second-order valence-electron chi connectivity index (χ2n) is 7.02. The van der Waals surface area contributed by atoms with Gasteiger partial charge in [0.25, 0.3) is 0 Å². The van der Waals surface area contributed by atoms with Gasteiger partial charge in [-0.15, -0.1) is 0 Å². The van der Waals surface area contributed by atoms with E-state index in [1.54, 1.807) is 52.0 Å². The fraction of sp³-hybridized carbons (Fsp3) is 0.476. The zero-order chi connectivity index (χ0) is 20.9. The van der Waals surface area contributed by atoms with Crippen molar-refractivity contribution in [3.05, 3.63) is 41.0 Å². The zero-order valence-corrected chi connectivity index (χ0v) is 16.9. The Bertz CT molecular complexity index is 788. The molecular formula is C21H26O7. The third-order valence-corrected chi connectivity index (χ3v) is 4.35. The molecule has 0 bridgehead atoms. The first-order chi connectivity index (χ1) is 13.2. The van der Waals surface area contributed by atoms with Crippen molar-refractivity contribution in [2.24, 2.45) is 5.92 Å². The van der Waals surface area contributed by atoms with E-state index >= 15 is 0 Å². The summed E-state index contributed by atoms with van der Waals surface area (Å²) in [5, 5.41) is 0. The Morgan fingerprint density at radius 2 is 1.89 bits per heavy atom. The largest absolute Gasteiger partial charge is 0.462 e. The summed E-state index contributed by atoms with van der Waals surface area (Å²) in [5.74, 6) is -1.18. The molecule has 1 heterocycles. The van der Waals surface area contributed by atoms with Gasteiger partial charge in [-0.25, -0.2) is 4.79 Å². The first-order valence-electron chi connectivity index (χ1n) is 9.11. The number of hydrogen-bond acceptors (Lipinski definition) is 7. The van der Waals surface area contributed by atoms with Crippen LogP contribution in [0.3, 0.4) is 0 Å². The lowest BCUT2D eigenvalue weighted by atomic mass is 9.98. The van der Waals surface area contributed by atoms with E-state index in [0.717, 1.165) is 0 Å². The quantitative estimate of drug-likeness (QED) is 0.292. The molecule has 0 unspecified atom stereocenters. The van der Waals surface area contributed by atoms with Gasteiger partial charge in [-0.3, -0.25) is 9.59 Å². The van der Waals surface area contributed by atoms with E-state index in [4.69, 9.17) is 18.9 Å². The van der Waals surface area contributed by atoms with Crippen molar-refractivity contribution in [2.45, 2.75) is 46.8 Å². The molecule has 0 saturated carbocycles. The highest BCUT2D eigenvalue weighted by atomic mass is 16.6. The lowest BCUT2D eigenvalue weighted by molar-refractivity contribution is -0.148. The Balaban J connectivity index is 2.29. The summed E-state index contributed by atoms with van der Waals surface area (Å²) < 4.78 is 21.5. The number of hydrogen-bond donors (Lipinski definition) is 0. The molecule has 7 nitrogen and oxygen atoms in total. The molecule has 1 aromatic rings. The predicted octanol–water partition coefficient (Wildman–Crippen LogP) is 3.05. The minimum absolute atomic E-state index is 0.0250. The molecule has 7 heteroatoms. The molecule has 1 aliphatic rings. The van der Waals surface area contributed by atoms with Crippen molar-refractivity contribution in [1.29, 1.82) is 0 Å². The standard InChI is InChI=1S/C21H26O7/c1-6-14(4)20(24)28-18-9-16(10-25-19(23)13(2)3)7-8-17(18)21(12-27-21)11-26-15(5)22/h6-9,13H,10-12H2,1-5H3/b14-6-/t21-/m0/s1. The van der Waals surface area contributed by atoms with E-state index in [1.165, 1.54) is 6.92 Å². The molecule has 0 aromatic heterocycles. The SMILES string of the molecule is C/C=C(/C)C(=O)Oc1cc(COC(=O)C(C)C)ccc1[C@]1(COC(C)=O)CO1. The second kappa shape index (κ2) is 9.01. The minimum atomic E-state index is -0.835. The maximum absolute atomic E-state index is 12.3. The summed E-state index contributed by atoms with van der Waals surface area (Å²) in [4.78, 5) is 35.2. The maximum Gasteiger partial charge on any atom is 0.338 e. The van der Waals surface area contributed by atoms with Crippen LogP contribution in [0.4, 0.5) is 0 Å². The van der Waals surface area contributed by atoms with Gasteiger partial charge in [0.15, 0.2) is 5.60 Å². The van der Waals surface area contributed by atoms with Gasteiger partial charge in [0.05, 0.1) is 12.5 Å². The van der Waals surface area contributed by atoms with Crippen LogP contribution < -0.4 is 4.74 Å². The Hall–Kier alpha value is -2.67. The van der Waals surface area contributed by atoms with Crippen LogP contribution in [0.1, 0.15) is 45.7 Å². The number of carbonyl (C=O) groups is 3. The van der Waals surface area contributed by atoms with E-state index in [9.17, 15) is 14.4 Å². The van der Waals surface area contributed by atoms with Gasteiger partial charge < -0.3 is 18.9 Å². The molecule has 0 spiro atoms. The number of carbonyl (C=O) groups excluding carboxylic acids is 3. The molecule has 1 saturated heterocycles. The van der Waals surface area contributed by atoms with E-state index in [0.29, 0.717) is 23.3 Å². The van der Waals surface area contributed by atoms with Gasteiger partial charge in [-0.1, -0.05) is 32.1 Å². The van der Waals surface area contributed by atoms with Crippen LogP contribution in [0.15, 0.2) is 29.8 Å². The average Bonchev–Trinajstić information content (AvgIpc) is 3.44. The molecule has 2 rings (SSSR count). The molecule has 1 aliphatic heterocycles. The van der Waals surface area contributed by atoms with E-state index in [1.807, 2.05) is 0 Å². The molecule has 1 atom stereocenters. The van der Waals surface area contributed by atoms with Crippen molar-refractivity contribution in [2.75, 3.05) is 13.2 Å². The Morgan fingerprint density at radius 3 is 2.43 bits per heavy atom. The maximum atomic E-state index is 12.3. The average molecular weight is 390 g/mol. The van der Waals surface area contributed by atoms with Gasteiger partial charge in [-0.05, 0) is 25.5 Å². The van der Waals surface area contributed by atoms with Gasteiger partial charge >= 0.3 is 17.9 Å². The molecule has 0 amide bonds. The highest BCUT2D eigenvalue weighted by Gasteiger charge is 2.50. The van der Waals surface area contributed by atoms with E-state index < -0.39 is 17.5 Å². The van der Waals surface area contributed by atoms with Crippen molar-refractivity contribution in [1.82, 2.24) is 0 Å². The van der Waals surface area contributed by atoms with Crippen LogP contribution in [-0.2, 0) is 40.8 Å². The number of allylic oxidation sites excluding steroid dienone is 1. The Kier molecular flexibility index (Phi) is 6.96. The molecular weight excluding hydrogens is 364 g/mol. The highest BCUT2D eigenvalue weighted by Crippen LogP contribution is 2.44. The summed E-state index contributed by atoms with van der Waals surface area (Å²) in [6.45, 7) is 8.64. The first kappa shape index (κ1) is 21.6. The van der Waals surface area contributed by atoms with Crippen LogP contribution in [-0.4, -0.2) is 31.1 Å². The summed E-state index contributed by atoms with van der Waals surface area (Å²) in [6.07, 6.45) is 1.65. The highest BCUT2D eigenvalue weighted by molar-refractivity contribution is 5.89. The Labute approximate surface area is 164 Å². The minimum Gasteiger partial charge on any atom is -0.462 e. The van der Waals surface area contributed by atoms with Gasteiger partial charge in [-0.2, -0.15) is 0 Å². The van der Waals surface area contributed by atoms with E-state index in [2.05, 4.69) is 0 Å². The fourth-order valence-corrected chi connectivity index (χ4v) is 2.36. The molecule has 28 heavy (non-hydrogen) atoms. The van der Waals surface area contributed by atoms with E-state index in [-0.39, 0.29) is 30.9 Å². The smallest absolute Gasteiger partial charge is 0.338 e. The van der Waals surface area contributed by atoms with Gasteiger partial charge in [0.1, 0.15) is 19.0 Å². The van der Waals surface area contributed by atoms with Crippen LogP contribution >= 0.6 is 0 Å². The molecule has 0 radical (unpaired) electrons. The van der Waals surface area contributed by atoms with Crippen LogP contribution in [0, 0.1) is 5.92 Å². The van der Waals surface area contributed by atoms with Gasteiger partial charge in [0, 0.05) is 18.1 Å². The van der Waals surface area contributed by atoms with Crippen LogP contribution in [0.2, 0.25) is 0 Å². The van der Waals surface area contributed by atoms with Crippen molar-refractivity contribution in [3.8, 4) is 5.75 Å². The topological polar surface area (TPSA) is 91.4 Å². The molecule has 1 aromatic carbocycles. The summed E-state index contributed by atoms with van der Waals surface area (Å²) in [5.41, 5.74) is 0.887. The van der Waals surface area contributed by atoms with Crippen molar-refractivity contribution < 1.29 is 33.3 Å². The van der Waals surface area contributed by atoms with Crippen molar-refractivity contribution >= 4 is 17.9 Å². The summed E-state index contributed by atoms with van der Waals surface area (Å²) in [6, 6.07) is 5.14. The fourth-order valence-electron chi connectivity index (χ4n) is 2.36. The predicted molar refractivity (Wildman–Crippen MR) is 100 cm³/mol. The monoisotopic (exact) mass is 390 g/mol. The van der Waals surface area contributed by atoms with Crippen LogP contribution in [0.5, 0.6) is 5.75 Å². The van der Waals surface area contributed by atoms with Crippen LogP contribution in [0.25, 0.3) is 0 Å². The number of benzene rings is 1. The third kappa shape index (κ3) is 5.42. The summed E-state index contributed by atoms with van der Waals surface area (Å²) in [7, 11) is 0. The number of rotatable bonds is 8. The molecule has 152 valence electrons.